The summed E-state index contributed by atoms with van der Waals surface area (Å²) >= 11 is 8.47. The van der Waals surface area contributed by atoms with Gasteiger partial charge >= 0.3 is 0 Å². The van der Waals surface area contributed by atoms with Gasteiger partial charge in [-0.1, -0.05) is 29.8 Å². The van der Waals surface area contributed by atoms with E-state index in [1.807, 2.05) is 78.9 Å². The van der Waals surface area contributed by atoms with Crippen molar-refractivity contribution in [1.29, 1.82) is 0 Å². The second-order valence-electron chi connectivity index (χ2n) is 6.32. The Bertz CT molecular complexity index is 1280. The second-order valence-corrected chi connectivity index (χ2v) is 7.98. The molecule has 0 fully saturated rings. The molecule has 0 saturated heterocycles. The molecule has 29 heavy (non-hydrogen) atoms. The van der Waals surface area contributed by atoms with Crippen molar-refractivity contribution in [2.45, 2.75) is 0 Å². The molecule has 0 aliphatic carbocycles. The lowest BCUT2D eigenvalue weighted by molar-refractivity contribution is 0.414. The highest BCUT2D eigenvalue weighted by molar-refractivity contribution is 14.1. The van der Waals surface area contributed by atoms with Gasteiger partial charge in [-0.15, -0.1) is 0 Å². The molecule has 0 radical (unpaired) electrons. The van der Waals surface area contributed by atoms with Gasteiger partial charge in [-0.2, -0.15) is 0 Å². The topological polar surface area (TPSA) is 44.1 Å². The third-order valence-electron chi connectivity index (χ3n) is 4.50. The van der Waals surface area contributed by atoms with Gasteiger partial charge in [0.15, 0.2) is 0 Å². The predicted molar refractivity (Wildman–Crippen MR) is 127 cm³/mol. The Labute approximate surface area is 186 Å². The number of nitrogens with zero attached hydrogens (tertiary/aromatic N) is 2. The Morgan fingerprint density at radius 2 is 1.79 bits per heavy atom. The summed E-state index contributed by atoms with van der Waals surface area (Å²) in [5.41, 5.74) is 2.09. The highest BCUT2D eigenvalue weighted by Gasteiger charge is 2.12. The Morgan fingerprint density at radius 1 is 1.03 bits per heavy atom. The molecular weight excluding hydrogens is 499 g/mol. The van der Waals surface area contributed by atoms with Crippen LogP contribution in [0.1, 0.15) is 11.4 Å². The van der Waals surface area contributed by atoms with Crippen LogP contribution < -0.4 is 10.3 Å². The summed E-state index contributed by atoms with van der Waals surface area (Å²) in [4.78, 5) is 18.1. The molecule has 144 valence electrons. The Hall–Kier alpha value is -2.64. The molecule has 0 N–H and O–H groups in total. The number of hydrogen-bond donors (Lipinski definition) is 0. The van der Waals surface area contributed by atoms with Crippen LogP contribution in [0.3, 0.4) is 0 Å². The average molecular weight is 515 g/mol. The zero-order valence-corrected chi connectivity index (χ0v) is 18.4. The summed E-state index contributed by atoms with van der Waals surface area (Å²) in [5.74, 6) is 1.24. The van der Waals surface area contributed by atoms with E-state index in [0.29, 0.717) is 27.4 Å². The maximum Gasteiger partial charge on any atom is 0.266 e. The fraction of sp³-hybridized carbons (Fsp3) is 0.0435. The summed E-state index contributed by atoms with van der Waals surface area (Å²) in [7, 11) is 1.61. The SMILES string of the molecule is COc1ccc(-n2c(/C=C/c3ccccc3Cl)nc3ccc(I)cc3c2=O)cc1. The van der Waals surface area contributed by atoms with Crippen LogP contribution in [0, 0.1) is 3.57 Å². The van der Waals surface area contributed by atoms with Crippen molar-refractivity contribution >= 4 is 57.2 Å². The molecule has 0 atom stereocenters. The number of hydrogen-bond acceptors (Lipinski definition) is 3. The number of methoxy groups -OCH3 is 1. The molecule has 1 aromatic heterocycles. The van der Waals surface area contributed by atoms with E-state index in [4.69, 9.17) is 21.3 Å². The molecule has 0 aliphatic rings. The van der Waals surface area contributed by atoms with Gasteiger partial charge in [-0.25, -0.2) is 4.98 Å². The molecule has 4 nitrogen and oxygen atoms in total. The summed E-state index contributed by atoms with van der Waals surface area (Å²) in [6, 6.07) is 20.5. The summed E-state index contributed by atoms with van der Waals surface area (Å²) in [6.45, 7) is 0. The zero-order chi connectivity index (χ0) is 20.4. The van der Waals surface area contributed by atoms with Crippen molar-refractivity contribution in [2.75, 3.05) is 7.11 Å². The quantitative estimate of drug-likeness (QED) is 0.322. The number of benzene rings is 3. The number of halogens is 2. The minimum atomic E-state index is -0.127. The van der Waals surface area contributed by atoms with Crippen LogP contribution >= 0.6 is 34.2 Å². The van der Waals surface area contributed by atoms with E-state index in [1.54, 1.807) is 11.7 Å². The maximum atomic E-state index is 13.4. The van der Waals surface area contributed by atoms with Crippen LogP contribution in [-0.2, 0) is 0 Å². The van der Waals surface area contributed by atoms with Gasteiger partial charge in [0.1, 0.15) is 11.6 Å². The predicted octanol–water partition coefficient (Wildman–Crippen LogP) is 5.82. The molecule has 0 unspecified atom stereocenters. The van der Waals surface area contributed by atoms with Crippen molar-refractivity contribution in [2.24, 2.45) is 0 Å². The minimum absolute atomic E-state index is 0.127. The number of rotatable bonds is 4. The van der Waals surface area contributed by atoms with E-state index >= 15 is 0 Å². The molecule has 4 rings (SSSR count). The molecule has 1 heterocycles. The molecule has 4 aromatic rings. The monoisotopic (exact) mass is 514 g/mol. The molecule has 0 saturated carbocycles. The number of fused-ring (bicyclic) bond motifs is 1. The second kappa shape index (κ2) is 8.39. The van der Waals surface area contributed by atoms with Gasteiger partial charge in [0.05, 0.1) is 23.7 Å². The van der Waals surface area contributed by atoms with E-state index in [9.17, 15) is 4.79 Å². The van der Waals surface area contributed by atoms with Crippen molar-refractivity contribution < 1.29 is 4.74 Å². The minimum Gasteiger partial charge on any atom is -0.497 e. The molecule has 0 bridgehead atoms. The summed E-state index contributed by atoms with van der Waals surface area (Å²) in [5, 5.41) is 1.21. The molecule has 3 aromatic carbocycles. The van der Waals surface area contributed by atoms with Crippen LogP contribution in [0.5, 0.6) is 5.75 Å². The first-order valence-corrected chi connectivity index (χ1v) is 10.3. The fourth-order valence-corrected chi connectivity index (χ4v) is 3.73. The van der Waals surface area contributed by atoms with E-state index < -0.39 is 0 Å². The number of aromatic nitrogens is 2. The van der Waals surface area contributed by atoms with Crippen LogP contribution in [0.25, 0.3) is 28.7 Å². The van der Waals surface area contributed by atoms with Crippen LogP contribution in [0.4, 0.5) is 0 Å². The standard InChI is InChI=1S/C23H16ClIN2O2/c1-29-18-10-8-17(9-11-18)27-22(13-6-15-4-2-3-5-20(15)24)26-21-12-7-16(25)14-19(21)23(27)28/h2-14H,1H3/b13-6+. The van der Waals surface area contributed by atoms with Crippen molar-refractivity contribution in [3.05, 3.63) is 97.1 Å². The van der Waals surface area contributed by atoms with Gasteiger partial charge in [-0.05, 0) is 88.8 Å². The molecule has 6 heteroatoms. The lowest BCUT2D eigenvalue weighted by Gasteiger charge is -2.12. The van der Waals surface area contributed by atoms with Gasteiger partial charge in [-0.3, -0.25) is 9.36 Å². The van der Waals surface area contributed by atoms with E-state index in [0.717, 1.165) is 14.9 Å². The fourth-order valence-electron chi connectivity index (χ4n) is 3.04. The molecular formula is C23H16ClIN2O2. The molecule has 0 amide bonds. The molecule has 0 spiro atoms. The normalized spacial score (nSPS) is 11.3. The van der Waals surface area contributed by atoms with Gasteiger partial charge in [0.2, 0.25) is 0 Å². The maximum absolute atomic E-state index is 13.4. The third kappa shape index (κ3) is 4.06. The van der Waals surface area contributed by atoms with Crippen LogP contribution in [0.2, 0.25) is 5.02 Å². The van der Waals surface area contributed by atoms with E-state index in [-0.39, 0.29) is 5.56 Å². The average Bonchev–Trinajstić information content (AvgIpc) is 2.74. The third-order valence-corrected chi connectivity index (χ3v) is 5.52. The van der Waals surface area contributed by atoms with E-state index in [1.165, 1.54) is 0 Å². The molecule has 0 aliphatic heterocycles. The zero-order valence-electron chi connectivity index (χ0n) is 15.5. The lowest BCUT2D eigenvalue weighted by Crippen LogP contribution is -2.22. The van der Waals surface area contributed by atoms with Gasteiger partial charge in [0.25, 0.3) is 5.56 Å². The lowest BCUT2D eigenvalue weighted by atomic mass is 10.2. The first-order valence-electron chi connectivity index (χ1n) is 8.86. The Kier molecular flexibility index (Phi) is 5.69. The van der Waals surface area contributed by atoms with Crippen molar-refractivity contribution in [1.82, 2.24) is 9.55 Å². The Balaban J connectivity index is 1.95. The number of ether oxygens (including phenoxy) is 1. The van der Waals surface area contributed by atoms with Crippen molar-refractivity contribution in [3.8, 4) is 11.4 Å². The van der Waals surface area contributed by atoms with Crippen LogP contribution in [0.15, 0.2) is 71.5 Å². The summed E-state index contributed by atoms with van der Waals surface area (Å²) < 4.78 is 7.82. The van der Waals surface area contributed by atoms with Crippen LogP contribution in [-0.4, -0.2) is 16.7 Å². The first-order chi connectivity index (χ1) is 14.1. The summed E-state index contributed by atoms with van der Waals surface area (Å²) in [6.07, 6.45) is 3.67. The highest BCUT2D eigenvalue weighted by Crippen LogP contribution is 2.21. The highest BCUT2D eigenvalue weighted by atomic mass is 127. The first kappa shape index (κ1) is 19.7. The van der Waals surface area contributed by atoms with Gasteiger partial charge in [0, 0.05) is 8.59 Å². The Morgan fingerprint density at radius 3 is 2.52 bits per heavy atom. The smallest absolute Gasteiger partial charge is 0.266 e. The van der Waals surface area contributed by atoms with Crippen molar-refractivity contribution in [3.63, 3.8) is 0 Å². The largest absolute Gasteiger partial charge is 0.497 e. The van der Waals surface area contributed by atoms with Gasteiger partial charge < -0.3 is 4.74 Å². The van der Waals surface area contributed by atoms with E-state index in [2.05, 4.69) is 22.6 Å².